The van der Waals surface area contributed by atoms with Gasteiger partial charge in [0, 0.05) is 6.20 Å². The highest BCUT2D eigenvalue weighted by Crippen LogP contribution is 1.87. The van der Waals surface area contributed by atoms with E-state index in [1.807, 2.05) is 6.07 Å². The third kappa shape index (κ3) is 3.66. The number of hydrogen-bond donors (Lipinski definition) is 1. The van der Waals surface area contributed by atoms with Gasteiger partial charge in [0.2, 0.25) is 0 Å². The second kappa shape index (κ2) is 5.69. The number of nitrogens with one attached hydrogen (secondary N) is 1. The molecule has 5 heteroatoms. The number of carbonyl (C=O) groups excluding carboxylic acids is 1. The molecule has 1 heterocycles. The summed E-state index contributed by atoms with van der Waals surface area (Å²) in [5.41, 5.74) is 2.87. The number of ether oxygens (including phenoxy) is 1. The minimum Gasteiger partial charge on any atom is -0.449 e. The van der Waals surface area contributed by atoms with Gasteiger partial charge in [-0.25, -0.2) is 10.2 Å². The fraction of sp³-hybridized carbons (Fsp3) is 0.222. The van der Waals surface area contributed by atoms with Gasteiger partial charge in [0.15, 0.2) is 0 Å². The monoisotopic (exact) mass is 193 g/mol. The summed E-state index contributed by atoms with van der Waals surface area (Å²) in [6, 6.07) is 5.41. The van der Waals surface area contributed by atoms with Gasteiger partial charge in [-0.05, 0) is 19.1 Å². The molecule has 1 amide bonds. The van der Waals surface area contributed by atoms with E-state index in [2.05, 4.69) is 20.2 Å². The van der Waals surface area contributed by atoms with Crippen molar-refractivity contribution in [1.29, 1.82) is 0 Å². The SMILES string of the molecule is CCOC(=O)N/N=C/c1ccccn1. The van der Waals surface area contributed by atoms with E-state index in [0.29, 0.717) is 12.3 Å². The van der Waals surface area contributed by atoms with Crippen LogP contribution in [0.2, 0.25) is 0 Å². The van der Waals surface area contributed by atoms with Crippen molar-refractivity contribution in [3.05, 3.63) is 30.1 Å². The Balaban J connectivity index is 2.38. The second-order valence-corrected chi connectivity index (χ2v) is 2.35. The highest BCUT2D eigenvalue weighted by Gasteiger charge is 1.94. The van der Waals surface area contributed by atoms with Crippen LogP contribution in [0.5, 0.6) is 0 Å². The molecule has 1 aromatic heterocycles. The van der Waals surface area contributed by atoms with Crippen LogP contribution in [0.15, 0.2) is 29.5 Å². The van der Waals surface area contributed by atoms with Crippen LogP contribution < -0.4 is 5.43 Å². The highest BCUT2D eigenvalue weighted by atomic mass is 16.5. The van der Waals surface area contributed by atoms with E-state index in [9.17, 15) is 4.79 Å². The van der Waals surface area contributed by atoms with Crippen molar-refractivity contribution < 1.29 is 9.53 Å². The Labute approximate surface area is 81.8 Å². The zero-order valence-corrected chi connectivity index (χ0v) is 7.80. The maximum Gasteiger partial charge on any atom is 0.427 e. The zero-order chi connectivity index (χ0) is 10.2. The molecule has 74 valence electrons. The van der Waals surface area contributed by atoms with Crippen LogP contribution >= 0.6 is 0 Å². The average molecular weight is 193 g/mol. The van der Waals surface area contributed by atoms with Crippen LogP contribution in [-0.4, -0.2) is 23.9 Å². The van der Waals surface area contributed by atoms with Crippen molar-refractivity contribution in [2.75, 3.05) is 6.61 Å². The summed E-state index contributed by atoms with van der Waals surface area (Å²) in [5, 5.41) is 3.65. The number of hydrazone groups is 1. The summed E-state index contributed by atoms with van der Waals surface area (Å²) < 4.78 is 4.60. The van der Waals surface area contributed by atoms with Crippen LogP contribution in [0.25, 0.3) is 0 Å². The van der Waals surface area contributed by atoms with Crippen molar-refractivity contribution in [1.82, 2.24) is 10.4 Å². The fourth-order valence-electron chi connectivity index (χ4n) is 0.767. The molecule has 1 rings (SSSR count). The van der Waals surface area contributed by atoms with Gasteiger partial charge in [0.05, 0.1) is 18.5 Å². The summed E-state index contributed by atoms with van der Waals surface area (Å²) in [6.07, 6.45) is 2.52. The van der Waals surface area contributed by atoms with Crippen LogP contribution in [-0.2, 0) is 4.74 Å². The van der Waals surface area contributed by atoms with E-state index >= 15 is 0 Å². The van der Waals surface area contributed by atoms with Gasteiger partial charge in [0.25, 0.3) is 0 Å². The number of aromatic nitrogens is 1. The molecule has 0 radical (unpaired) electrons. The molecule has 0 saturated carbocycles. The molecule has 5 nitrogen and oxygen atoms in total. The van der Waals surface area contributed by atoms with Crippen LogP contribution in [0, 0.1) is 0 Å². The number of rotatable bonds is 3. The molecule has 1 aromatic rings. The minimum absolute atomic E-state index is 0.324. The standard InChI is InChI=1S/C9H11N3O2/c1-2-14-9(13)12-11-7-8-5-3-4-6-10-8/h3-7H,2H2,1H3,(H,12,13)/b11-7+. The third-order valence-corrected chi connectivity index (χ3v) is 1.32. The van der Waals surface area contributed by atoms with Gasteiger partial charge in [-0.1, -0.05) is 6.07 Å². The molecule has 0 unspecified atom stereocenters. The lowest BCUT2D eigenvalue weighted by molar-refractivity contribution is 0.152. The number of nitrogens with zero attached hydrogens (tertiary/aromatic N) is 2. The fourth-order valence-corrected chi connectivity index (χ4v) is 0.767. The molecule has 0 aliphatic heterocycles. The van der Waals surface area contributed by atoms with Gasteiger partial charge in [0.1, 0.15) is 0 Å². The maximum absolute atomic E-state index is 10.8. The molecule has 1 N–H and O–H groups in total. The molecule has 0 fully saturated rings. The quantitative estimate of drug-likeness (QED) is 0.578. The van der Waals surface area contributed by atoms with Gasteiger partial charge in [-0.3, -0.25) is 4.98 Å². The summed E-state index contributed by atoms with van der Waals surface area (Å²) in [7, 11) is 0. The molecule has 0 saturated heterocycles. The van der Waals surface area contributed by atoms with Crippen molar-refractivity contribution in [2.45, 2.75) is 6.92 Å². The Kier molecular flexibility index (Phi) is 4.13. The smallest absolute Gasteiger partial charge is 0.427 e. The number of hydrogen-bond acceptors (Lipinski definition) is 4. The van der Waals surface area contributed by atoms with Crippen molar-refractivity contribution in [3.63, 3.8) is 0 Å². The van der Waals surface area contributed by atoms with E-state index in [1.165, 1.54) is 6.21 Å². The first-order valence-electron chi connectivity index (χ1n) is 4.19. The molecular formula is C9H11N3O2. The van der Waals surface area contributed by atoms with Gasteiger partial charge >= 0.3 is 6.09 Å². The Bertz CT molecular complexity index is 311. The Morgan fingerprint density at radius 3 is 3.21 bits per heavy atom. The normalized spacial score (nSPS) is 10.1. The average Bonchev–Trinajstić information content (AvgIpc) is 2.20. The van der Waals surface area contributed by atoms with E-state index < -0.39 is 6.09 Å². The predicted octanol–water partition coefficient (Wildman–Crippen LogP) is 1.16. The summed E-state index contributed by atoms with van der Waals surface area (Å²) in [5.74, 6) is 0. The van der Waals surface area contributed by atoms with Crippen molar-refractivity contribution in [3.8, 4) is 0 Å². The van der Waals surface area contributed by atoms with Gasteiger partial charge in [-0.2, -0.15) is 5.10 Å². The molecule has 0 atom stereocenters. The first-order valence-corrected chi connectivity index (χ1v) is 4.19. The van der Waals surface area contributed by atoms with E-state index in [0.717, 1.165) is 0 Å². The zero-order valence-electron chi connectivity index (χ0n) is 7.80. The largest absolute Gasteiger partial charge is 0.449 e. The molecule has 0 aromatic carbocycles. The number of amides is 1. The number of pyridine rings is 1. The lowest BCUT2D eigenvalue weighted by Gasteiger charge is -1.97. The Hall–Kier alpha value is -1.91. The topological polar surface area (TPSA) is 63.6 Å². The van der Waals surface area contributed by atoms with Crippen LogP contribution in [0.1, 0.15) is 12.6 Å². The van der Waals surface area contributed by atoms with E-state index in [1.54, 1.807) is 25.3 Å². The third-order valence-electron chi connectivity index (χ3n) is 1.32. The van der Waals surface area contributed by atoms with Crippen LogP contribution in [0.3, 0.4) is 0 Å². The summed E-state index contributed by atoms with van der Waals surface area (Å²) in [4.78, 5) is 14.7. The predicted molar refractivity (Wildman–Crippen MR) is 52.0 cm³/mol. The van der Waals surface area contributed by atoms with E-state index in [-0.39, 0.29) is 0 Å². The lowest BCUT2D eigenvalue weighted by atomic mass is 10.4. The van der Waals surface area contributed by atoms with Crippen molar-refractivity contribution in [2.24, 2.45) is 5.10 Å². The van der Waals surface area contributed by atoms with Crippen molar-refractivity contribution >= 4 is 12.3 Å². The molecule has 0 aliphatic rings. The Morgan fingerprint density at radius 1 is 1.71 bits per heavy atom. The first-order chi connectivity index (χ1) is 6.83. The molecule has 0 spiro atoms. The summed E-state index contributed by atoms with van der Waals surface area (Å²) in [6.45, 7) is 2.05. The second-order valence-electron chi connectivity index (χ2n) is 2.35. The molecule has 14 heavy (non-hydrogen) atoms. The number of carbonyl (C=O) groups is 1. The van der Waals surface area contributed by atoms with Gasteiger partial charge in [-0.15, -0.1) is 0 Å². The van der Waals surface area contributed by atoms with Crippen LogP contribution in [0.4, 0.5) is 4.79 Å². The Morgan fingerprint density at radius 2 is 2.57 bits per heavy atom. The molecular weight excluding hydrogens is 182 g/mol. The minimum atomic E-state index is -0.570. The summed E-state index contributed by atoms with van der Waals surface area (Å²) >= 11 is 0. The lowest BCUT2D eigenvalue weighted by Crippen LogP contribution is -2.18. The van der Waals surface area contributed by atoms with E-state index in [4.69, 9.17) is 0 Å². The highest BCUT2D eigenvalue weighted by molar-refractivity contribution is 5.78. The van der Waals surface area contributed by atoms with Gasteiger partial charge < -0.3 is 4.74 Å². The first kappa shape index (κ1) is 10.2. The molecule has 0 aliphatic carbocycles. The maximum atomic E-state index is 10.8. The molecule has 0 bridgehead atoms.